The molecule has 9 heteroatoms. The van der Waals surface area contributed by atoms with Crippen LogP contribution < -0.4 is 5.32 Å². The Kier molecular flexibility index (Phi) is 6.65. The zero-order valence-electron chi connectivity index (χ0n) is 11.1. The van der Waals surface area contributed by atoms with Gasteiger partial charge in [-0.1, -0.05) is 0 Å². The summed E-state index contributed by atoms with van der Waals surface area (Å²) in [7, 11) is 0. The van der Waals surface area contributed by atoms with Gasteiger partial charge in [-0.25, -0.2) is 0 Å². The van der Waals surface area contributed by atoms with Crippen LogP contribution in [-0.4, -0.2) is 86.8 Å². The third-order valence-corrected chi connectivity index (χ3v) is 3.86. The number of thioether (sulfide) groups is 1. The van der Waals surface area contributed by atoms with Crippen LogP contribution in [-0.2, 0) is 9.53 Å². The van der Waals surface area contributed by atoms with Gasteiger partial charge in [-0.2, -0.15) is 11.8 Å². The van der Waals surface area contributed by atoms with Crippen molar-refractivity contribution < 1.29 is 35.1 Å². The molecule has 0 amide bonds. The van der Waals surface area contributed by atoms with Crippen molar-refractivity contribution >= 4 is 17.7 Å². The molecule has 118 valence electrons. The number of aliphatic hydroxyl groups is 4. The fraction of sp³-hybridized carbons (Fsp3) is 0.909. The maximum Gasteiger partial charge on any atom is 0.320 e. The topological polar surface area (TPSA) is 139 Å². The molecular formula is C11H21NO7S. The monoisotopic (exact) mass is 311 g/mol. The summed E-state index contributed by atoms with van der Waals surface area (Å²) in [5.74, 6) is -2.58. The van der Waals surface area contributed by atoms with E-state index in [4.69, 9.17) is 14.9 Å². The molecule has 6 N–H and O–H groups in total. The average molecular weight is 311 g/mol. The summed E-state index contributed by atoms with van der Waals surface area (Å²) in [6.45, 7) is -0.928. The molecule has 1 fully saturated rings. The lowest BCUT2D eigenvalue weighted by Crippen LogP contribution is -2.53. The maximum atomic E-state index is 11.0. The second kappa shape index (κ2) is 7.55. The molecule has 8 nitrogen and oxygen atoms in total. The zero-order valence-corrected chi connectivity index (χ0v) is 11.9. The van der Waals surface area contributed by atoms with E-state index in [0.717, 1.165) is 0 Å². The quantitative estimate of drug-likeness (QED) is 0.289. The summed E-state index contributed by atoms with van der Waals surface area (Å²) in [6, 6.07) is -0.896. The molecule has 0 aromatic carbocycles. The van der Waals surface area contributed by atoms with E-state index in [-0.39, 0.29) is 6.54 Å². The van der Waals surface area contributed by atoms with E-state index in [2.05, 4.69) is 5.32 Å². The molecule has 20 heavy (non-hydrogen) atoms. The number of nitrogens with one attached hydrogen (secondary N) is 1. The molecule has 1 heterocycles. The lowest BCUT2D eigenvalue weighted by atomic mass is 10.0. The van der Waals surface area contributed by atoms with Crippen molar-refractivity contribution in [1.82, 2.24) is 5.32 Å². The van der Waals surface area contributed by atoms with Crippen LogP contribution in [0.5, 0.6) is 0 Å². The minimum absolute atomic E-state index is 0.342. The van der Waals surface area contributed by atoms with Crippen molar-refractivity contribution in [3.63, 3.8) is 0 Å². The highest BCUT2D eigenvalue weighted by Gasteiger charge is 2.53. The Hall–Kier alpha value is -0.420. The van der Waals surface area contributed by atoms with E-state index in [1.807, 2.05) is 6.26 Å². The summed E-state index contributed by atoms with van der Waals surface area (Å²) < 4.78 is 5.00. The van der Waals surface area contributed by atoms with E-state index in [1.54, 1.807) is 0 Å². The van der Waals surface area contributed by atoms with Gasteiger partial charge in [0, 0.05) is 0 Å². The number of aliphatic hydroxyl groups excluding tert-OH is 3. The first-order valence-corrected chi connectivity index (χ1v) is 7.57. The van der Waals surface area contributed by atoms with Gasteiger partial charge in [0.2, 0.25) is 5.79 Å². The molecule has 1 rings (SSSR count). The van der Waals surface area contributed by atoms with Crippen LogP contribution in [0.25, 0.3) is 0 Å². The lowest BCUT2D eigenvalue weighted by Gasteiger charge is -2.28. The number of ether oxygens (including phenoxy) is 1. The highest BCUT2D eigenvalue weighted by molar-refractivity contribution is 7.98. The van der Waals surface area contributed by atoms with Gasteiger partial charge >= 0.3 is 5.97 Å². The van der Waals surface area contributed by atoms with E-state index in [9.17, 15) is 20.1 Å². The van der Waals surface area contributed by atoms with E-state index >= 15 is 0 Å². The number of hydrogen-bond donors (Lipinski definition) is 6. The van der Waals surface area contributed by atoms with E-state index < -0.39 is 42.7 Å². The fourth-order valence-electron chi connectivity index (χ4n) is 1.98. The highest BCUT2D eigenvalue weighted by atomic mass is 32.2. The first kappa shape index (κ1) is 17.6. The minimum atomic E-state index is -2.13. The van der Waals surface area contributed by atoms with Gasteiger partial charge in [0.25, 0.3) is 0 Å². The Bertz CT molecular complexity index is 332. The van der Waals surface area contributed by atoms with E-state index in [0.29, 0.717) is 12.2 Å². The number of aliphatic carboxylic acids is 1. The third-order valence-electron chi connectivity index (χ3n) is 3.21. The second-order valence-corrected chi connectivity index (χ2v) is 5.66. The largest absolute Gasteiger partial charge is 0.480 e. The lowest BCUT2D eigenvalue weighted by molar-refractivity contribution is -0.227. The van der Waals surface area contributed by atoms with Gasteiger partial charge in [0.1, 0.15) is 24.4 Å². The van der Waals surface area contributed by atoms with Crippen molar-refractivity contribution in [2.75, 3.05) is 25.2 Å². The smallest absolute Gasteiger partial charge is 0.320 e. The standard InChI is InChI=1S/C11H21NO7S/c1-20-3-2-6(10(16)17)12-5-11(18)9(15)8(14)7(4-13)19-11/h6-9,12-15,18H,2-5H2,1H3,(H,16,17). The van der Waals surface area contributed by atoms with Crippen LogP contribution in [0.2, 0.25) is 0 Å². The Balaban J connectivity index is 2.60. The number of carboxylic acids is 1. The molecule has 5 unspecified atom stereocenters. The Labute approximate surface area is 120 Å². The SMILES string of the molecule is CSCCC(NCC1(O)OC(CO)C(O)C1O)C(=O)O. The predicted octanol–water partition coefficient (Wildman–Crippen LogP) is -2.42. The van der Waals surface area contributed by atoms with Gasteiger partial charge < -0.3 is 30.3 Å². The second-order valence-electron chi connectivity index (χ2n) is 4.67. The van der Waals surface area contributed by atoms with Crippen LogP contribution in [0.4, 0.5) is 0 Å². The summed E-state index contributed by atoms with van der Waals surface area (Å²) in [6.07, 6.45) is -1.97. The van der Waals surface area contributed by atoms with Gasteiger partial charge in [0.15, 0.2) is 0 Å². The Morgan fingerprint density at radius 2 is 2.15 bits per heavy atom. The zero-order chi connectivity index (χ0) is 15.3. The molecule has 1 saturated heterocycles. The number of carboxylic acid groups (broad SMARTS) is 1. The number of rotatable bonds is 8. The molecule has 0 spiro atoms. The number of carbonyl (C=O) groups is 1. The van der Waals surface area contributed by atoms with Gasteiger partial charge in [-0.05, 0) is 18.4 Å². The molecule has 0 radical (unpaired) electrons. The normalized spacial score (nSPS) is 35.1. The molecule has 0 aromatic heterocycles. The minimum Gasteiger partial charge on any atom is -0.480 e. The van der Waals surface area contributed by atoms with Crippen LogP contribution in [0.1, 0.15) is 6.42 Å². The highest BCUT2D eigenvalue weighted by Crippen LogP contribution is 2.28. The van der Waals surface area contributed by atoms with Crippen molar-refractivity contribution in [2.24, 2.45) is 0 Å². The molecule has 0 saturated carbocycles. The molecular weight excluding hydrogens is 290 g/mol. The van der Waals surface area contributed by atoms with Crippen LogP contribution in [0.15, 0.2) is 0 Å². The Morgan fingerprint density at radius 3 is 2.60 bits per heavy atom. The van der Waals surface area contributed by atoms with Crippen molar-refractivity contribution in [1.29, 1.82) is 0 Å². The summed E-state index contributed by atoms with van der Waals surface area (Å²) >= 11 is 1.49. The Morgan fingerprint density at radius 1 is 1.50 bits per heavy atom. The maximum absolute atomic E-state index is 11.0. The summed E-state index contributed by atoms with van der Waals surface area (Å²) in [5.41, 5.74) is 0. The average Bonchev–Trinajstić information content (AvgIpc) is 2.63. The molecule has 0 aliphatic carbocycles. The van der Waals surface area contributed by atoms with E-state index in [1.165, 1.54) is 11.8 Å². The van der Waals surface area contributed by atoms with Gasteiger partial charge in [-0.3, -0.25) is 10.1 Å². The fourth-order valence-corrected chi connectivity index (χ4v) is 2.45. The summed E-state index contributed by atoms with van der Waals surface area (Å²) in [5, 5.41) is 49.9. The summed E-state index contributed by atoms with van der Waals surface area (Å²) in [4.78, 5) is 11.0. The van der Waals surface area contributed by atoms with Crippen LogP contribution >= 0.6 is 11.8 Å². The van der Waals surface area contributed by atoms with Crippen LogP contribution in [0.3, 0.4) is 0 Å². The molecule has 1 aliphatic rings. The van der Waals surface area contributed by atoms with Crippen molar-refractivity contribution in [3.05, 3.63) is 0 Å². The molecule has 5 atom stereocenters. The third kappa shape index (κ3) is 4.04. The van der Waals surface area contributed by atoms with Gasteiger partial charge in [-0.15, -0.1) is 0 Å². The molecule has 1 aliphatic heterocycles. The first-order valence-electron chi connectivity index (χ1n) is 6.18. The van der Waals surface area contributed by atoms with Gasteiger partial charge in [0.05, 0.1) is 13.2 Å². The number of hydrogen-bond acceptors (Lipinski definition) is 8. The molecule has 0 aromatic rings. The first-order chi connectivity index (χ1) is 9.35. The predicted molar refractivity (Wildman–Crippen MR) is 71.3 cm³/mol. The van der Waals surface area contributed by atoms with Crippen molar-refractivity contribution in [2.45, 2.75) is 36.6 Å². The van der Waals surface area contributed by atoms with Crippen LogP contribution in [0, 0.1) is 0 Å². The molecule has 0 bridgehead atoms. The van der Waals surface area contributed by atoms with Crippen molar-refractivity contribution in [3.8, 4) is 0 Å².